The van der Waals surface area contributed by atoms with Crippen LogP contribution in [-0.2, 0) is 16.4 Å². The smallest absolute Gasteiger partial charge is 0.294 e. The fraction of sp³-hybridized carbons (Fsp3) is 0.0870. The molecule has 158 valence electrons. The van der Waals surface area contributed by atoms with E-state index >= 15 is 0 Å². The van der Waals surface area contributed by atoms with Gasteiger partial charge in [-0.25, -0.2) is 8.42 Å². The minimum atomic E-state index is -3.89. The number of hydrogen-bond acceptors (Lipinski definition) is 5. The number of carbonyl (C=O) groups excluding carboxylic acids is 1. The summed E-state index contributed by atoms with van der Waals surface area (Å²) in [6, 6.07) is 19.8. The van der Waals surface area contributed by atoms with Gasteiger partial charge in [0.1, 0.15) is 5.76 Å². The first kappa shape index (κ1) is 21.1. The monoisotopic (exact) mass is 499 g/mol. The molecule has 0 saturated carbocycles. The van der Waals surface area contributed by atoms with Crippen LogP contribution in [0.1, 0.15) is 21.9 Å². The number of nitrogens with zero attached hydrogens (tertiary/aromatic N) is 1. The molecule has 0 unspecified atom stereocenters. The number of sulfone groups is 1. The summed E-state index contributed by atoms with van der Waals surface area (Å²) >= 11 is 3.28. The van der Waals surface area contributed by atoms with E-state index in [-0.39, 0.29) is 22.3 Å². The van der Waals surface area contributed by atoms with E-state index in [4.69, 9.17) is 8.83 Å². The molecule has 0 bridgehead atoms. The van der Waals surface area contributed by atoms with Crippen LogP contribution in [0.4, 0.5) is 5.69 Å². The molecular weight excluding hydrogens is 482 g/mol. The first-order chi connectivity index (χ1) is 14.8. The number of hydrogen-bond donors (Lipinski definition) is 0. The number of benzene rings is 2. The second-order valence-corrected chi connectivity index (χ2v) is 9.68. The average Bonchev–Trinajstić information content (AvgIpc) is 3.45. The van der Waals surface area contributed by atoms with Gasteiger partial charge in [0, 0.05) is 10.2 Å². The Labute approximate surface area is 188 Å². The minimum absolute atomic E-state index is 0.0787. The van der Waals surface area contributed by atoms with Crippen molar-refractivity contribution in [3.63, 3.8) is 0 Å². The average molecular weight is 500 g/mol. The molecule has 4 rings (SSSR count). The van der Waals surface area contributed by atoms with Crippen molar-refractivity contribution in [1.82, 2.24) is 0 Å². The van der Waals surface area contributed by atoms with E-state index in [1.54, 1.807) is 24.3 Å². The minimum Gasteiger partial charge on any atom is -0.467 e. The lowest BCUT2D eigenvalue weighted by Gasteiger charge is -2.21. The molecule has 2 aromatic heterocycles. The zero-order valence-corrected chi connectivity index (χ0v) is 18.9. The molecule has 6 nitrogen and oxygen atoms in total. The Balaban J connectivity index is 1.67. The van der Waals surface area contributed by atoms with Crippen molar-refractivity contribution < 1.29 is 22.0 Å². The second kappa shape index (κ2) is 8.56. The van der Waals surface area contributed by atoms with Gasteiger partial charge in [-0.15, -0.1) is 0 Å². The van der Waals surface area contributed by atoms with Gasteiger partial charge in [0.15, 0.2) is 5.76 Å². The van der Waals surface area contributed by atoms with E-state index < -0.39 is 15.7 Å². The fourth-order valence-corrected chi connectivity index (χ4v) is 4.44. The molecule has 0 saturated heterocycles. The highest BCUT2D eigenvalue weighted by molar-refractivity contribution is 9.10. The second-order valence-electron chi connectivity index (χ2n) is 6.88. The topological polar surface area (TPSA) is 80.7 Å². The molecule has 0 radical (unpaired) electrons. The Bertz CT molecular complexity index is 1290. The van der Waals surface area contributed by atoms with Crippen molar-refractivity contribution in [2.75, 3.05) is 4.90 Å². The van der Waals surface area contributed by atoms with Crippen LogP contribution in [0.15, 0.2) is 102 Å². The predicted octanol–water partition coefficient (Wildman–Crippen LogP) is 5.62. The quantitative estimate of drug-likeness (QED) is 0.343. The van der Waals surface area contributed by atoms with Crippen molar-refractivity contribution >= 4 is 37.4 Å². The molecule has 4 aromatic rings. The molecular formula is C23H18BrNO5S. The third-order valence-electron chi connectivity index (χ3n) is 4.67. The lowest BCUT2D eigenvalue weighted by atomic mass is 10.2. The first-order valence-corrected chi connectivity index (χ1v) is 11.6. The van der Waals surface area contributed by atoms with Gasteiger partial charge in [-0.3, -0.25) is 9.69 Å². The molecule has 0 atom stereocenters. The van der Waals surface area contributed by atoms with Gasteiger partial charge in [0.05, 0.1) is 17.7 Å². The van der Waals surface area contributed by atoms with Gasteiger partial charge in [-0.1, -0.05) is 33.6 Å². The Morgan fingerprint density at radius 3 is 2.32 bits per heavy atom. The summed E-state index contributed by atoms with van der Waals surface area (Å²) in [6.07, 6.45) is 1.53. The highest BCUT2D eigenvalue weighted by Gasteiger charge is 2.27. The molecule has 31 heavy (non-hydrogen) atoms. The standard InChI is InChI=1S/C23H18BrNO5S/c1-16-4-8-18(9-5-16)25(15-19-3-2-14-29-19)23(26)21-12-13-22(30-21)31(27,28)20-10-6-17(24)7-11-20/h2-14H,15H2,1H3. The Morgan fingerprint density at radius 2 is 1.68 bits per heavy atom. The molecule has 0 fully saturated rings. The molecule has 8 heteroatoms. The first-order valence-electron chi connectivity index (χ1n) is 9.36. The van der Waals surface area contributed by atoms with Gasteiger partial charge in [0.2, 0.25) is 14.9 Å². The van der Waals surface area contributed by atoms with Crippen LogP contribution in [0.25, 0.3) is 0 Å². The molecule has 2 aromatic carbocycles. The summed E-state index contributed by atoms with van der Waals surface area (Å²) in [4.78, 5) is 14.8. The van der Waals surface area contributed by atoms with E-state index in [0.717, 1.165) is 10.0 Å². The van der Waals surface area contributed by atoms with Crippen molar-refractivity contribution in [3.05, 3.63) is 101 Å². The summed E-state index contributed by atoms with van der Waals surface area (Å²) in [5, 5.41) is -0.292. The van der Waals surface area contributed by atoms with E-state index in [0.29, 0.717) is 11.4 Å². The van der Waals surface area contributed by atoms with Crippen LogP contribution < -0.4 is 4.90 Å². The van der Waals surface area contributed by atoms with Crippen LogP contribution in [0.2, 0.25) is 0 Å². The largest absolute Gasteiger partial charge is 0.467 e. The van der Waals surface area contributed by atoms with Gasteiger partial charge < -0.3 is 8.83 Å². The summed E-state index contributed by atoms with van der Waals surface area (Å²) < 4.78 is 37.4. The fourth-order valence-electron chi connectivity index (χ4n) is 3.01. The number of carbonyl (C=O) groups is 1. The maximum Gasteiger partial charge on any atom is 0.294 e. The summed E-state index contributed by atoms with van der Waals surface area (Å²) in [6.45, 7) is 2.12. The van der Waals surface area contributed by atoms with Crippen molar-refractivity contribution in [3.8, 4) is 0 Å². The molecule has 0 aliphatic heterocycles. The highest BCUT2D eigenvalue weighted by Crippen LogP contribution is 2.27. The van der Waals surface area contributed by atoms with Crippen molar-refractivity contribution in [2.24, 2.45) is 0 Å². The molecule has 2 heterocycles. The van der Waals surface area contributed by atoms with Gasteiger partial charge >= 0.3 is 0 Å². The van der Waals surface area contributed by atoms with E-state index in [9.17, 15) is 13.2 Å². The number of anilines is 1. The molecule has 0 aliphatic carbocycles. The normalized spacial score (nSPS) is 11.4. The Kier molecular flexibility index (Phi) is 5.84. The SMILES string of the molecule is Cc1ccc(N(Cc2ccco2)C(=O)c2ccc(S(=O)(=O)c3ccc(Br)cc3)o2)cc1. The van der Waals surface area contributed by atoms with Gasteiger partial charge in [-0.05, 0) is 67.6 Å². The number of aryl methyl sites for hydroxylation is 1. The lowest BCUT2D eigenvalue weighted by molar-refractivity contribution is 0.0951. The zero-order valence-electron chi connectivity index (χ0n) is 16.5. The van der Waals surface area contributed by atoms with Crippen LogP contribution in [0.3, 0.4) is 0 Å². The van der Waals surface area contributed by atoms with E-state index in [1.165, 1.54) is 35.4 Å². The van der Waals surface area contributed by atoms with E-state index in [1.807, 2.05) is 31.2 Å². The maximum absolute atomic E-state index is 13.3. The molecule has 0 spiro atoms. The van der Waals surface area contributed by atoms with Crippen LogP contribution in [0.5, 0.6) is 0 Å². The highest BCUT2D eigenvalue weighted by atomic mass is 79.9. The molecule has 0 aliphatic rings. The summed E-state index contributed by atoms with van der Waals surface area (Å²) in [5.74, 6) is 0.0310. The van der Waals surface area contributed by atoms with Crippen LogP contribution in [0, 0.1) is 6.92 Å². The Morgan fingerprint density at radius 1 is 0.968 bits per heavy atom. The van der Waals surface area contributed by atoms with Gasteiger partial charge in [-0.2, -0.15) is 0 Å². The van der Waals surface area contributed by atoms with Gasteiger partial charge in [0.25, 0.3) is 5.91 Å². The number of halogens is 1. The summed E-state index contributed by atoms with van der Waals surface area (Å²) in [7, 11) is -3.89. The molecule has 1 amide bonds. The third-order valence-corrected chi connectivity index (χ3v) is 6.84. The third kappa shape index (κ3) is 4.50. The maximum atomic E-state index is 13.3. The van der Waals surface area contributed by atoms with E-state index in [2.05, 4.69) is 15.9 Å². The predicted molar refractivity (Wildman–Crippen MR) is 119 cm³/mol. The summed E-state index contributed by atoms with van der Waals surface area (Å²) in [5.41, 5.74) is 1.69. The molecule has 0 N–H and O–H groups in total. The zero-order chi connectivity index (χ0) is 22.0. The van der Waals surface area contributed by atoms with Crippen molar-refractivity contribution in [1.29, 1.82) is 0 Å². The number of amides is 1. The number of furan rings is 2. The Hall–Kier alpha value is -3.10. The number of rotatable bonds is 6. The van der Waals surface area contributed by atoms with Crippen LogP contribution >= 0.6 is 15.9 Å². The lowest BCUT2D eigenvalue weighted by Crippen LogP contribution is -2.30. The van der Waals surface area contributed by atoms with Crippen molar-refractivity contribution in [2.45, 2.75) is 23.5 Å². The van der Waals surface area contributed by atoms with Crippen LogP contribution in [-0.4, -0.2) is 14.3 Å².